The molecule has 114 valence electrons. The van der Waals surface area contributed by atoms with E-state index in [1.807, 2.05) is 42.2 Å². The topological polar surface area (TPSA) is 52.7 Å². The highest BCUT2D eigenvalue weighted by Gasteiger charge is 2.20. The molecule has 1 N–H and O–H groups in total. The number of amides is 2. The molecular weight excluding hydrogens is 266 g/mol. The lowest BCUT2D eigenvalue weighted by Crippen LogP contribution is -2.49. The number of hydrogen-bond donors (Lipinski definition) is 1. The van der Waals surface area contributed by atoms with Gasteiger partial charge in [-0.15, -0.1) is 0 Å². The molecule has 0 aliphatic carbocycles. The van der Waals surface area contributed by atoms with Gasteiger partial charge in [0.15, 0.2) is 0 Å². The molecule has 1 aliphatic rings. The zero-order valence-corrected chi connectivity index (χ0v) is 12.5. The number of carbonyl (C=O) groups excluding carboxylic acids is 2. The monoisotopic (exact) mass is 289 g/mol. The quantitative estimate of drug-likeness (QED) is 0.895. The third kappa shape index (κ3) is 4.86. The van der Waals surface area contributed by atoms with Crippen molar-refractivity contribution in [3.05, 3.63) is 30.3 Å². The molecule has 1 aromatic rings. The van der Waals surface area contributed by atoms with Gasteiger partial charge in [-0.2, -0.15) is 0 Å². The van der Waals surface area contributed by atoms with Crippen LogP contribution in [0, 0.1) is 0 Å². The molecule has 0 atom stereocenters. The predicted molar refractivity (Wildman–Crippen MR) is 83.0 cm³/mol. The highest BCUT2D eigenvalue weighted by Crippen LogP contribution is 2.07. The second-order valence-electron chi connectivity index (χ2n) is 5.24. The molecule has 1 saturated heterocycles. The van der Waals surface area contributed by atoms with Gasteiger partial charge in [0.1, 0.15) is 0 Å². The van der Waals surface area contributed by atoms with Gasteiger partial charge >= 0.3 is 0 Å². The Kier molecular flexibility index (Phi) is 5.75. The van der Waals surface area contributed by atoms with Crippen molar-refractivity contribution in [3.63, 3.8) is 0 Å². The molecule has 1 aromatic carbocycles. The third-order valence-electron chi connectivity index (χ3n) is 3.74. The lowest BCUT2D eigenvalue weighted by Gasteiger charge is -2.34. The van der Waals surface area contributed by atoms with Crippen LogP contribution in [-0.2, 0) is 9.59 Å². The van der Waals surface area contributed by atoms with Crippen LogP contribution in [0.1, 0.15) is 19.8 Å². The van der Waals surface area contributed by atoms with Gasteiger partial charge < -0.3 is 10.2 Å². The fourth-order valence-electron chi connectivity index (χ4n) is 2.45. The smallest absolute Gasteiger partial charge is 0.225 e. The first-order valence-corrected chi connectivity index (χ1v) is 7.54. The minimum absolute atomic E-state index is 0.0354. The van der Waals surface area contributed by atoms with Crippen molar-refractivity contribution in [2.45, 2.75) is 19.8 Å². The molecule has 21 heavy (non-hydrogen) atoms. The third-order valence-corrected chi connectivity index (χ3v) is 3.74. The first-order valence-electron chi connectivity index (χ1n) is 7.54. The van der Waals surface area contributed by atoms with E-state index >= 15 is 0 Å². The summed E-state index contributed by atoms with van der Waals surface area (Å²) in [5.74, 6) is 0.254. The summed E-state index contributed by atoms with van der Waals surface area (Å²) in [6.07, 6.45) is 1.05. The number of nitrogens with zero attached hydrogens (tertiary/aromatic N) is 2. The number of carbonyl (C=O) groups is 2. The fourth-order valence-corrected chi connectivity index (χ4v) is 2.45. The molecule has 0 saturated carbocycles. The van der Waals surface area contributed by atoms with Crippen LogP contribution >= 0.6 is 0 Å². The van der Waals surface area contributed by atoms with Crippen molar-refractivity contribution >= 4 is 17.5 Å². The molecule has 0 unspecified atom stereocenters. The summed E-state index contributed by atoms with van der Waals surface area (Å²) in [4.78, 5) is 27.6. The largest absolute Gasteiger partial charge is 0.340 e. The highest BCUT2D eigenvalue weighted by molar-refractivity contribution is 5.90. The molecule has 0 spiro atoms. The van der Waals surface area contributed by atoms with E-state index in [0.29, 0.717) is 12.8 Å². The molecule has 2 rings (SSSR count). The first-order chi connectivity index (χ1) is 10.2. The van der Waals surface area contributed by atoms with E-state index in [0.717, 1.165) is 38.4 Å². The van der Waals surface area contributed by atoms with Gasteiger partial charge in [0.2, 0.25) is 11.8 Å². The molecule has 5 nitrogen and oxygen atoms in total. The van der Waals surface area contributed by atoms with Gasteiger partial charge in [0.25, 0.3) is 0 Å². The van der Waals surface area contributed by atoms with Crippen LogP contribution < -0.4 is 5.32 Å². The van der Waals surface area contributed by atoms with Crippen molar-refractivity contribution in [1.82, 2.24) is 9.80 Å². The number of piperazine rings is 1. The van der Waals surface area contributed by atoms with Gasteiger partial charge in [-0.25, -0.2) is 0 Å². The van der Waals surface area contributed by atoms with E-state index in [4.69, 9.17) is 0 Å². The van der Waals surface area contributed by atoms with Crippen molar-refractivity contribution in [2.75, 3.05) is 38.0 Å². The minimum Gasteiger partial charge on any atom is -0.340 e. The predicted octanol–water partition coefficient (Wildman–Crippen LogP) is 1.57. The van der Waals surface area contributed by atoms with Crippen molar-refractivity contribution < 1.29 is 9.59 Å². The number of benzene rings is 1. The molecule has 0 aromatic heterocycles. The van der Waals surface area contributed by atoms with E-state index in [1.165, 1.54) is 0 Å². The van der Waals surface area contributed by atoms with Crippen LogP contribution in [0.3, 0.4) is 0 Å². The van der Waals surface area contributed by atoms with Crippen molar-refractivity contribution in [1.29, 1.82) is 0 Å². The Hall–Kier alpha value is -1.88. The molecule has 1 heterocycles. The van der Waals surface area contributed by atoms with Gasteiger partial charge in [-0.05, 0) is 12.1 Å². The zero-order chi connectivity index (χ0) is 15.1. The Labute approximate surface area is 125 Å². The second kappa shape index (κ2) is 7.78. The van der Waals surface area contributed by atoms with Crippen LogP contribution in [0.25, 0.3) is 0 Å². The van der Waals surface area contributed by atoms with Gasteiger partial charge in [-0.1, -0.05) is 25.1 Å². The number of anilines is 1. The van der Waals surface area contributed by atoms with E-state index in [2.05, 4.69) is 10.2 Å². The van der Waals surface area contributed by atoms with Crippen LogP contribution in [-0.4, -0.2) is 54.3 Å². The Morgan fingerprint density at radius 3 is 2.38 bits per heavy atom. The van der Waals surface area contributed by atoms with E-state index in [-0.39, 0.29) is 11.8 Å². The lowest BCUT2D eigenvalue weighted by atomic mass is 10.2. The van der Waals surface area contributed by atoms with Gasteiger partial charge in [0, 0.05) is 51.3 Å². The van der Waals surface area contributed by atoms with Crippen LogP contribution in [0.4, 0.5) is 5.69 Å². The Morgan fingerprint density at radius 1 is 1.10 bits per heavy atom. The summed E-state index contributed by atoms with van der Waals surface area (Å²) < 4.78 is 0. The average Bonchev–Trinajstić information content (AvgIpc) is 2.53. The Bertz CT molecular complexity index is 468. The number of hydrogen-bond acceptors (Lipinski definition) is 3. The van der Waals surface area contributed by atoms with E-state index in [9.17, 15) is 9.59 Å². The minimum atomic E-state index is 0.0354. The summed E-state index contributed by atoms with van der Waals surface area (Å²) in [5, 5.41) is 2.89. The second-order valence-corrected chi connectivity index (χ2v) is 5.24. The maximum absolute atomic E-state index is 11.9. The Morgan fingerprint density at radius 2 is 1.76 bits per heavy atom. The highest BCUT2D eigenvalue weighted by atomic mass is 16.2. The van der Waals surface area contributed by atoms with E-state index in [1.54, 1.807) is 0 Å². The lowest BCUT2D eigenvalue weighted by molar-refractivity contribution is -0.132. The van der Waals surface area contributed by atoms with E-state index < -0.39 is 0 Å². The zero-order valence-electron chi connectivity index (χ0n) is 12.5. The number of para-hydroxylation sites is 1. The average molecular weight is 289 g/mol. The molecule has 5 heteroatoms. The Balaban J connectivity index is 1.68. The molecule has 0 radical (unpaired) electrons. The van der Waals surface area contributed by atoms with Crippen molar-refractivity contribution in [2.24, 2.45) is 0 Å². The van der Waals surface area contributed by atoms with Crippen LogP contribution in [0.2, 0.25) is 0 Å². The standard InChI is InChI=1S/C16H23N3O2/c1-2-16(21)19-12-10-18(11-13-19)9-8-15(20)17-14-6-4-3-5-7-14/h3-7H,2,8-13H2,1H3,(H,17,20). The molecule has 1 fully saturated rings. The molecular formula is C16H23N3O2. The molecule has 2 amide bonds. The molecule has 0 bridgehead atoms. The van der Waals surface area contributed by atoms with Gasteiger partial charge in [0.05, 0.1) is 0 Å². The van der Waals surface area contributed by atoms with Crippen molar-refractivity contribution in [3.8, 4) is 0 Å². The van der Waals surface area contributed by atoms with Crippen LogP contribution in [0.15, 0.2) is 30.3 Å². The normalized spacial score (nSPS) is 15.8. The number of rotatable bonds is 5. The first kappa shape index (κ1) is 15.5. The van der Waals surface area contributed by atoms with Crippen LogP contribution in [0.5, 0.6) is 0 Å². The summed E-state index contributed by atoms with van der Waals surface area (Å²) in [6, 6.07) is 9.49. The summed E-state index contributed by atoms with van der Waals surface area (Å²) in [7, 11) is 0. The fraction of sp³-hybridized carbons (Fsp3) is 0.500. The molecule has 1 aliphatic heterocycles. The summed E-state index contributed by atoms with van der Waals surface area (Å²) in [6.45, 7) is 5.88. The number of nitrogens with one attached hydrogen (secondary N) is 1. The van der Waals surface area contributed by atoms with Gasteiger partial charge in [-0.3, -0.25) is 14.5 Å². The summed E-state index contributed by atoms with van der Waals surface area (Å²) in [5.41, 5.74) is 0.834. The summed E-state index contributed by atoms with van der Waals surface area (Å²) >= 11 is 0. The maximum atomic E-state index is 11.9. The SMILES string of the molecule is CCC(=O)N1CCN(CCC(=O)Nc2ccccc2)CC1. The maximum Gasteiger partial charge on any atom is 0.225 e.